The standard InChI is InChI=1S/C16H16ClN7O3/c1-2-24-9(21-8-5-3-4-7(11(8)24)16(26)27)6-20-15(25)10-13(18)23-14(19)12(17)22-10/h3-5H,2,6H2,1H3,(H,20,25)(H,26,27)(H4,18,19,23). The van der Waals surface area contributed by atoms with Gasteiger partial charge in [-0.2, -0.15) is 0 Å². The minimum atomic E-state index is -1.05. The van der Waals surface area contributed by atoms with Crippen molar-refractivity contribution in [1.29, 1.82) is 0 Å². The van der Waals surface area contributed by atoms with Crippen LogP contribution >= 0.6 is 11.6 Å². The van der Waals surface area contributed by atoms with Crippen LogP contribution in [0.2, 0.25) is 5.15 Å². The van der Waals surface area contributed by atoms with E-state index in [-0.39, 0.29) is 34.6 Å². The molecule has 0 aliphatic rings. The predicted octanol–water partition coefficient (Wildman–Crippen LogP) is 1.29. The Bertz CT molecular complexity index is 1060. The molecule has 1 amide bonds. The molecule has 3 aromatic rings. The molecule has 6 N–H and O–H groups in total. The van der Waals surface area contributed by atoms with Crippen molar-refractivity contribution < 1.29 is 14.7 Å². The summed E-state index contributed by atoms with van der Waals surface area (Å²) in [5.74, 6) is -1.38. The molecule has 0 aliphatic carbocycles. The fourth-order valence-electron chi connectivity index (χ4n) is 2.73. The monoisotopic (exact) mass is 389 g/mol. The van der Waals surface area contributed by atoms with E-state index in [0.29, 0.717) is 23.4 Å². The van der Waals surface area contributed by atoms with Gasteiger partial charge in [0.15, 0.2) is 22.5 Å². The van der Waals surface area contributed by atoms with Crippen LogP contribution < -0.4 is 16.8 Å². The van der Waals surface area contributed by atoms with Crippen molar-refractivity contribution in [2.75, 3.05) is 11.5 Å². The number of anilines is 2. The van der Waals surface area contributed by atoms with E-state index in [0.717, 1.165) is 0 Å². The quantitative estimate of drug-likeness (QED) is 0.507. The van der Waals surface area contributed by atoms with Gasteiger partial charge in [0, 0.05) is 6.54 Å². The number of hydrogen-bond donors (Lipinski definition) is 4. The predicted molar refractivity (Wildman–Crippen MR) is 99.4 cm³/mol. The van der Waals surface area contributed by atoms with Crippen molar-refractivity contribution >= 4 is 46.1 Å². The van der Waals surface area contributed by atoms with Crippen LogP contribution in [-0.4, -0.2) is 36.5 Å². The highest BCUT2D eigenvalue weighted by atomic mass is 35.5. The number of nitrogens with zero attached hydrogens (tertiary/aromatic N) is 4. The van der Waals surface area contributed by atoms with Gasteiger partial charge >= 0.3 is 5.97 Å². The maximum atomic E-state index is 12.4. The molecular formula is C16H16ClN7O3. The number of nitrogens with one attached hydrogen (secondary N) is 1. The number of carbonyl (C=O) groups excluding carboxylic acids is 1. The number of nitrogens with two attached hydrogens (primary N) is 2. The van der Waals surface area contributed by atoms with Crippen LogP contribution in [0.25, 0.3) is 11.0 Å². The number of aryl methyl sites for hydroxylation is 1. The summed E-state index contributed by atoms with van der Waals surface area (Å²) < 4.78 is 1.73. The first-order valence-electron chi connectivity index (χ1n) is 7.91. The van der Waals surface area contributed by atoms with Crippen LogP contribution in [0.5, 0.6) is 0 Å². The first-order chi connectivity index (χ1) is 12.8. The lowest BCUT2D eigenvalue weighted by Crippen LogP contribution is -2.27. The number of aromatic nitrogens is 4. The molecule has 2 heterocycles. The number of carbonyl (C=O) groups is 2. The normalized spacial score (nSPS) is 10.9. The zero-order valence-corrected chi connectivity index (χ0v) is 15.0. The summed E-state index contributed by atoms with van der Waals surface area (Å²) in [6, 6.07) is 4.84. The van der Waals surface area contributed by atoms with Crippen LogP contribution in [0.3, 0.4) is 0 Å². The van der Waals surface area contributed by atoms with E-state index in [1.165, 1.54) is 6.07 Å². The summed E-state index contributed by atoms with van der Waals surface area (Å²) in [4.78, 5) is 35.9. The van der Waals surface area contributed by atoms with Gasteiger partial charge in [-0.3, -0.25) is 4.79 Å². The summed E-state index contributed by atoms with van der Waals surface area (Å²) in [5.41, 5.74) is 12.2. The van der Waals surface area contributed by atoms with Gasteiger partial charge in [0.25, 0.3) is 5.91 Å². The Morgan fingerprint density at radius 1 is 1.22 bits per heavy atom. The van der Waals surface area contributed by atoms with E-state index >= 15 is 0 Å². The number of aromatic carboxylic acids is 1. The fraction of sp³-hybridized carbons (Fsp3) is 0.188. The largest absolute Gasteiger partial charge is 0.478 e. The second-order valence-corrected chi connectivity index (χ2v) is 5.92. The van der Waals surface area contributed by atoms with Crippen molar-refractivity contribution in [2.24, 2.45) is 0 Å². The number of carboxylic acid groups (broad SMARTS) is 1. The molecule has 0 unspecified atom stereocenters. The zero-order valence-electron chi connectivity index (χ0n) is 14.2. The number of para-hydroxylation sites is 1. The third kappa shape index (κ3) is 3.34. The Labute approximate surface area is 158 Å². The SMILES string of the molecule is CCn1c(CNC(=O)c2nc(Cl)c(N)nc2N)nc2cccc(C(=O)O)c21. The van der Waals surface area contributed by atoms with Crippen LogP contribution in [-0.2, 0) is 13.1 Å². The number of hydrogen-bond acceptors (Lipinski definition) is 7. The van der Waals surface area contributed by atoms with Gasteiger partial charge in [-0.1, -0.05) is 17.7 Å². The molecule has 10 nitrogen and oxygen atoms in total. The third-order valence-corrected chi connectivity index (χ3v) is 4.20. The van der Waals surface area contributed by atoms with Crippen LogP contribution in [0.15, 0.2) is 18.2 Å². The number of halogens is 1. The van der Waals surface area contributed by atoms with Gasteiger partial charge in [0.1, 0.15) is 5.82 Å². The molecule has 0 spiro atoms. The highest BCUT2D eigenvalue weighted by molar-refractivity contribution is 6.31. The van der Waals surface area contributed by atoms with Crippen molar-refractivity contribution in [3.05, 3.63) is 40.4 Å². The van der Waals surface area contributed by atoms with E-state index < -0.39 is 11.9 Å². The first kappa shape index (κ1) is 18.4. The second-order valence-electron chi connectivity index (χ2n) is 5.57. The Kier molecular flexibility index (Phi) is 4.82. The Hall–Kier alpha value is -3.40. The molecule has 27 heavy (non-hydrogen) atoms. The summed E-state index contributed by atoms with van der Waals surface area (Å²) in [6.45, 7) is 2.36. The van der Waals surface area contributed by atoms with E-state index in [9.17, 15) is 14.7 Å². The van der Waals surface area contributed by atoms with Gasteiger partial charge in [-0.15, -0.1) is 0 Å². The van der Waals surface area contributed by atoms with Crippen molar-refractivity contribution in [2.45, 2.75) is 20.0 Å². The summed E-state index contributed by atoms with van der Waals surface area (Å²) in [5, 5.41) is 11.9. The number of carboxylic acids is 1. The van der Waals surface area contributed by atoms with Gasteiger partial charge in [0.05, 0.1) is 23.1 Å². The molecule has 0 radical (unpaired) electrons. The molecule has 140 valence electrons. The Balaban J connectivity index is 1.91. The molecule has 0 atom stereocenters. The maximum absolute atomic E-state index is 12.4. The molecule has 0 aliphatic heterocycles. The molecule has 0 saturated heterocycles. The average molecular weight is 390 g/mol. The van der Waals surface area contributed by atoms with E-state index in [2.05, 4.69) is 20.3 Å². The van der Waals surface area contributed by atoms with Gasteiger partial charge < -0.3 is 26.5 Å². The zero-order chi connectivity index (χ0) is 19.7. The Morgan fingerprint density at radius 3 is 2.63 bits per heavy atom. The van der Waals surface area contributed by atoms with E-state index in [1.54, 1.807) is 16.7 Å². The second kappa shape index (κ2) is 7.08. The number of amides is 1. The number of fused-ring (bicyclic) bond motifs is 1. The van der Waals surface area contributed by atoms with E-state index in [4.69, 9.17) is 23.1 Å². The molecule has 1 aromatic carbocycles. The molecule has 0 saturated carbocycles. The molecular weight excluding hydrogens is 374 g/mol. The fourth-order valence-corrected chi connectivity index (χ4v) is 2.86. The number of nitrogen functional groups attached to an aromatic ring is 2. The van der Waals surface area contributed by atoms with Gasteiger partial charge in [0.2, 0.25) is 0 Å². The lowest BCUT2D eigenvalue weighted by molar-refractivity contribution is 0.0698. The molecule has 0 fully saturated rings. The van der Waals surface area contributed by atoms with Crippen molar-refractivity contribution in [1.82, 2.24) is 24.8 Å². The molecule has 11 heteroatoms. The number of imidazole rings is 1. The van der Waals surface area contributed by atoms with Crippen molar-refractivity contribution in [3.8, 4) is 0 Å². The van der Waals surface area contributed by atoms with Crippen LogP contribution in [0.4, 0.5) is 11.6 Å². The van der Waals surface area contributed by atoms with Crippen molar-refractivity contribution in [3.63, 3.8) is 0 Å². The molecule has 0 bridgehead atoms. The Morgan fingerprint density at radius 2 is 1.96 bits per heavy atom. The first-order valence-corrected chi connectivity index (χ1v) is 8.29. The number of benzene rings is 1. The van der Waals surface area contributed by atoms with Crippen LogP contribution in [0, 0.1) is 0 Å². The molecule has 3 rings (SSSR count). The topological polar surface area (TPSA) is 162 Å². The summed E-state index contributed by atoms with van der Waals surface area (Å²) >= 11 is 5.79. The maximum Gasteiger partial charge on any atom is 0.337 e. The van der Waals surface area contributed by atoms with E-state index in [1.807, 2.05) is 6.92 Å². The minimum absolute atomic E-state index is 0.0313. The minimum Gasteiger partial charge on any atom is -0.478 e. The summed E-state index contributed by atoms with van der Waals surface area (Å²) in [6.07, 6.45) is 0. The van der Waals surface area contributed by atoms with Gasteiger partial charge in [-0.05, 0) is 19.1 Å². The van der Waals surface area contributed by atoms with Gasteiger partial charge in [-0.25, -0.2) is 19.7 Å². The lowest BCUT2D eigenvalue weighted by Gasteiger charge is -2.10. The summed E-state index contributed by atoms with van der Waals surface area (Å²) in [7, 11) is 0. The van der Waals surface area contributed by atoms with Crippen LogP contribution in [0.1, 0.15) is 33.6 Å². The average Bonchev–Trinajstić information content (AvgIpc) is 2.99. The highest BCUT2D eigenvalue weighted by Crippen LogP contribution is 2.21. The lowest BCUT2D eigenvalue weighted by atomic mass is 10.2. The number of rotatable bonds is 5. The smallest absolute Gasteiger partial charge is 0.337 e. The molecule has 2 aromatic heterocycles. The highest BCUT2D eigenvalue weighted by Gasteiger charge is 2.19. The third-order valence-electron chi connectivity index (χ3n) is 3.92.